The van der Waals surface area contributed by atoms with Crippen LogP contribution in [0.5, 0.6) is 0 Å². The van der Waals surface area contributed by atoms with E-state index in [-0.39, 0.29) is 0 Å². The lowest BCUT2D eigenvalue weighted by atomic mass is 9.93. The molecule has 6 rings (SSSR count). The van der Waals surface area contributed by atoms with Gasteiger partial charge >= 0.3 is 0 Å². The molecule has 1 aliphatic carbocycles. The van der Waals surface area contributed by atoms with E-state index >= 15 is 0 Å². The molecule has 5 aromatic rings. The lowest BCUT2D eigenvalue weighted by Crippen LogP contribution is -1.99. The fraction of sp³-hybridized carbons (Fsp3) is 0. The van der Waals surface area contributed by atoms with E-state index in [4.69, 9.17) is 0 Å². The second kappa shape index (κ2) is 4.73. The maximum absolute atomic E-state index is 9.88. The molecule has 0 saturated carbocycles. The minimum absolute atomic E-state index is 0.649. The summed E-state index contributed by atoms with van der Waals surface area (Å²) in [4.78, 5) is 3.59. The number of oxime groups is 1. The van der Waals surface area contributed by atoms with Gasteiger partial charge < -0.3 is 10.2 Å². The molecule has 0 amide bonds. The minimum Gasteiger partial charge on any atom is -0.410 e. The topological polar surface area (TPSA) is 48.4 Å². The maximum atomic E-state index is 9.88. The zero-order valence-electron chi connectivity index (χ0n) is 13.8. The first-order chi connectivity index (χ1) is 12.9. The van der Waals surface area contributed by atoms with Crippen LogP contribution in [0, 0.1) is 0 Å². The molecule has 0 aliphatic heterocycles. The van der Waals surface area contributed by atoms with E-state index in [0.717, 1.165) is 44.1 Å². The Balaban J connectivity index is 1.99. The van der Waals surface area contributed by atoms with Crippen LogP contribution < -0.4 is 0 Å². The lowest BCUT2D eigenvalue weighted by Gasteiger charge is -2.09. The van der Waals surface area contributed by atoms with Gasteiger partial charge in [-0.25, -0.2) is 0 Å². The Morgan fingerprint density at radius 2 is 1.31 bits per heavy atom. The Hall–Kier alpha value is -3.59. The second-order valence-electron chi connectivity index (χ2n) is 6.71. The van der Waals surface area contributed by atoms with Gasteiger partial charge in [-0.05, 0) is 17.0 Å². The first-order valence-electron chi connectivity index (χ1n) is 8.66. The fourth-order valence-electron chi connectivity index (χ4n) is 4.45. The fourth-order valence-corrected chi connectivity index (χ4v) is 4.45. The molecule has 0 radical (unpaired) electrons. The van der Waals surface area contributed by atoms with Crippen molar-refractivity contribution in [3.63, 3.8) is 0 Å². The summed E-state index contributed by atoms with van der Waals surface area (Å²) in [6.45, 7) is 0. The molecule has 3 nitrogen and oxygen atoms in total. The molecule has 0 bridgehead atoms. The number of hydrogen-bond acceptors (Lipinski definition) is 2. The van der Waals surface area contributed by atoms with Crippen molar-refractivity contribution in [2.75, 3.05) is 0 Å². The summed E-state index contributed by atoms with van der Waals surface area (Å²) in [5, 5.41) is 18.2. The third kappa shape index (κ3) is 1.51. The van der Waals surface area contributed by atoms with Gasteiger partial charge in [0, 0.05) is 38.4 Å². The standard InChI is InChI=1S/C23H14N2O/c26-25-23-16-10-4-2-8-14(16)19-13-7-1-3-9-15(13)22-20(21(19)23)17-11-5-6-12-18(17)24-22/h1-12,24,26H/b25-23+. The average molecular weight is 334 g/mol. The molecule has 0 spiro atoms. The first kappa shape index (κ1) is 13.7. The number of benzene rings is 4. The molecule has 0 unspecified atom stereocenters. The monoisotopic (exact) mass is 334 g/mol. The number of aromatic nitrogens is 1. The van der Waals surface area contributed by atoms with E-state index in [1.54, 1.807) is 0 Å². The van der Waals surface area contributed by atoms with Gasteiger partial charge in [0.25, 0.3) is 0 Å². The lowest BCUT2D eigenvalue weighted by molar-refractivity contribution is 0.320. The highest BCUT2D eigenvalue weighted by Crippen LogP contribution is 2.47. The molecular weight excluding hydrogens is 320 g/mol. The quantitative estimate of drug-likeness (QED) is 0.272. The van der Waals surface area contributed by atoms with E-state index in [1.165, 1.54) is 10.8 Å². The van der Waals surface area contributed by atoms with Gasteiger partial charge in [0.2, 0.25) is 0 Å². The Bertz CT molecular complexity index is 1390. The van der Waals surface area contributed by atoms with E-state index in [0.29, 0.717) is 5.71 Å². The molecule has 0 saturated heterocycles. The number of H-pyrrole nitrogens is 1. The zero-order chi connectivity index (χ0) is 17.3. The average Bonchev–Trinajstić information content (AvgIpc) is 3.24. The highest BCUT2D eigenvalue weighted by atomic mass is 16.4. The van der Waals surface area contributed by atoms with Crippen molar-refractivity contribution in [3.05, 3.63) is 83.9 Å². The summed E-state index contributed by atoms with van der Waals surface area (Å²) < 4.78 is 0. The Kier molecular flexibility index (Phi) is 2.49. The molecule has 26 heavy (non-hydrogen) atoms. The predicted octanol–water partition coefficient (Wildman–Crippen LogP) is 5.68. The van der Waals surface area contributed by atoms with E-state index in [2.05, 4.69) is 58.7 Å². The van der Waals surface area contributed by atoms with E-state index < -0.39 is 0 Å². The normalized spacial score (nSPS) is 14.4. The summed E-state index contributed by atoms with van der Waals surface area (Å²) in [7, 11) is 0. The molecule has 0 fully saturated rings. The van der Waals surface area contributed by atoms with Crippen LogP contribution in [0.4, 0.5) is 0 Å². The number of aromatic amines is 1. The Labute approximate surface area is 149 Å². The number of rotatable bonds is 0. The van der Waals surface area contributed by atoms with Gasteiger partial charge in [0.15, 0.2) is 0 Å². The van der Waals surface area contributed by atoms with Gasteiger partial charge in [-0.1, -0.05) is 71.9 Å². The summed E-state index contributed by atoms with van der Waals surface area (Å²) in [5.41, 5.74) is 7.10. The number of hydrogen-bond donors (Lipinski definition) is 2. The van der Waals surface area contributed by atoms with Crippen LogP contribution >= 0.6 is 0 Å². The third-order valence-electron chi connectivity index (χ3n) is 5.46. The molecule has 1 aromatic heterocycles. The highest BCUT2D eigenvalue weighted by Gasteiger charge is 2.31. The molecular formula is C23H14N2O. The van der Waals surface area contributed by atoms with Crippen molar-refractivity contribution in [1.82, 2.24) is 4.98 Å². The molecule has 122 valence electrons. The number of fused-ring (bicyclic) bond motifs is 10. The molecule has 4 aromatic carbocycles. The predicted molar refractivity (Wildman–Crippen MR) is 106 cm³/mol. The molecule has 3 heteroatoms. The summed E-state index contributed by atoms with van der Waals surface area (Å²) in [6, 6.07) is 24.9. The molecule has 2 N–H and O–H groups in total. The van der Waals surface area contributed by atoms with Crippen LogP contribution in [0.3, 0.4) is 0 Å². The molecule has 1 heterocycles. The van der Waals surface area contributed by atoms with Crippen molar-refractivity contribution in [2.45, 2.75) is 0 Å². The molecule has 1 aliphatic rings. The summed E-state index contributed by atoms with van der Waals surface area (Å²) >= 11 is 0. The zero-order valence-corrected chi connectivity index (χ0v) is 13.8. The van der Waals surface area contributed by atoms with Gasteiger partial charge in [0.1, 0.15) is 5.71 Å². The first-order valence-corrected chi connectivity index (χ1v) is 8.66. The second-order valence-corrected chi connectivity index (χ2v) is 6.71. The van der Waals surface area contributed by atoms with Crippen LogP contribution in [0.1, 0.15) is 11.1 Å². The number of nitrogens with zero attached hydrogens (tertiary/aromatic N) is 1. The summed E-state index contributed by atoms with van der Waals surface area (Å²) in [6.07, 6.45) is 0. The molecule has 0 atom stereocenters. The van der Waals surface area contributed by atoms with Crippen LogP contribution in [0.2, 0.25) is 0 Å². The summed E-state index contributed by atoms with van der Waals surface area (Å²) in [5.74, 6) is 0. The SMILES string of the molecule is O/N=C1\c2ccccc2-c2c1c1c3ccccc3[nH]c1c1ccccc21. The van der Waals surface area contributed by atoms with Crippen molar-refractivity contribution < 1.29 is 5.21 Å². The van der Waals surface area contributed by atoms with Crippen molar-refractivity contribution in [2.24, 2.45) is 5.16 Å². The van der Waals surface area contributed by atoms with Crippen LogP contribution in [-0.2, 0) is 0 Å². The van der Waals surface area contributed by atoms with Crippen LogP contribution in [0.15, 0.2) is 78.0 Å². The van der Waals surface area contributed by atoms with Gasteiger partial charge in [0.05, 0.1) is 5.52 Å². The third-order valence-corrected chi connectivity index (χ3v) is 5.46. The Morgan fingerprint density at radius 1 is 0.654 bits per heavy atom. The van der Waals surface area contributed by atoms with Gasteiger partial charge in [-0.3, -0.25) is 0 Å². The highest BCUT2D eigenvalue weighted by molar-refractivity contribution is 6.38. The largest absolute Gasteiger partial charge is 0.410 e. The number of nitrogens with one attached hydrogen (secondary N) is 1. The van der Waals surface area contributed by atoms with Gasteiger partial charge in [-0.15, -0.1) is 0 Å². The smallest absolute Gasteiger partial charge is 0.119 e. The van der Waals surface area contributed by atoms with E-state index in [1.807, 2.05) is 24.3 Å². The van der Waals surface area contributed by atoms with Crippen LogP contribution in [-0.4, -0.2) is 15.9 Å². The Morgan fingerprint density at radius 3 is 2.12 bits per heavy atom. The maximum Gasteiger partial charge on any atom is 0.119 e. The van der Waals surface area contributed by atoms with Gasteiger partial charge in [-0.2, -0.15) is 0 Å². The van der Waals surface area contributed by atoms with Crippen molar-refractivity contribution in [3.8, 4) is 11.1 Å². The minimum atomic E-state index is 0.649. The van der Waals surface area contributed by atoms with Crippen molar-refractivity contribution in [1.29, 1.82) is 0 Å². The van der Waals surface area contributed by atoms with E-state index in [9.17, 15) is 5.21 Å². The van der Waals surface area contributed by atoms with Crippen molar-refractivity contribution >= 4 is 38.3 Å². The van der Waals surface area contributed by atoms with Crippen LogP contribution in [0.25, 0.3) is 43.7 Å². The number of para-hydroxylation sites is 1.